The quantitative estimate of drug-likeness (QED) is 0.408. The lowest BCUT2D eigenvalue weighted by Crippen LogP contribution is -2.50. The first kappa shape index (κ1) is 23.0. The van der Waals surface area contributed by atoms with Crippen LogP contribution in [0.2, 0.25) is 5.02 Å². The van der Waals surface area contributed by atoms with Crippen LogP contribution in [0.15, 0.2) is 66.9 Å². The van der Waals surface area contributed by atoms with Gasteiger partial charge in [0.1, 0.15) is 5.69 Å². The number of halogens is 1. The van der Waals surface area contributed by atoms with Gasteiger partial charge in [-0.15, -0.1) is 0 Å². The number of anilines is 1. The molecule has 1 aromatic heterocycles. The maximum absolute atomic E-state index is 5.98. The van der Waals surface area contributed by atoms with Crippen molar-refractivity contribution in [3.05, 3.63) is 83.1 Å². The zero-order chi connectivity index (χ0) is 23.3. The van der Waals surface area contributed by atoms with Gasteiger partial charge < -0.3 is 4.90 Å². The van der Waals surface area contributed by atoms with Gasteiger partial charge in [0, 0.05) is 47.2 Å². The summed E-state index contributed by atoms with van der Waals surface area (Å²) in [5.41, 5.74) is 5.26. The van der Waals surface area contributed by atoms with Crippen LogP contribution < -0.4 is 4.90 Å². The molecular weight excluding hydrogens is 438 g/mol. The fourth-order valence-corrected chi connectivity index (χ4v) is 5.18. The van der Waals surface area contributed by atoms with E-state index in [0.29, 0.717) is 6.04 Å². The molecule has 0 aliphatic carbocycles. The maximum atomic E-state index is 5.98. The lowest BCUT2D eigenvalue weighted by atomic mass is 9.95. The Morgan fingerprint density at radius 2 is 1.56 bits per heavy atom. The van der Waals surface area contributed by atoms with E-state index in [4.69, 9.17) is 11.6 Å². The Kier molecular flexibility index (Phi) is 7.19. The summed E-state index contributed by atoms with van der Waals surface area (Å²) in [7, 11) is 0. The molecule has 174 valence electrons. The predicted molar refractivity (Wildman–Crippen MR) is 142 cm³/mol. The van der Waals surface area contributed by atoms with Crippen LogP contribution in [0, 0.1) is 17.8 Å². The number of pyridine rings is 1. The summed E-state index contributed by atoms with van der Waals surface area (Å²) >= 11 is 5.98. The standard InChI is InChI=1S/C30H32ClN3/c1-23-16-19-33(20-17-23)30-3-2-18-34(22-30)29-14-5-24(6-15-29)4-12-28-13-9-26(21-32-28)25-7-10-27(31)11-8-25/h5-11,13-15,21,23,30H,2-3,16-20,22H2,1H3/t30-/m1/s1. The number of likely N-dealkylation sites (tertiary alicyclic amines) is 1. The number of benzene rings is 2. The van der Waals surface area contributed by atoms with E-state index in [9.17, 15) is 0 Å². The SMILES string of the molecule is CC1CCN([C@@H]2CCCN(c3ccc(C#Cc4ccc(-c5ccc(Cl)cc5)cn4)cc3)C2)CC1. The van der Waals surface area contributed by atoms with E-state index in [1.165, 1.54) is 44.5 Å². The van der Waals surface area contributed by atoms with Gasteiger partial charge in [0.2, 0.25) is 0 Å². The van der Waals surface area contributed by atoms with Crippen molar-refractivity contribution in [1.29, 1.82) is 0 Å². The van der Waals surface area contributed by atoms with Crippen LogP contribution in [0.5, 0.6) is 0 Å². The number of hydrogen-bond donors (Lipinski definition) is 0. The van der Waals surface area contributed by atoms with Gasteiger partial charge in [0.15, 0.2) is 0 Å². The number of hydrogen-bond acceptors (Lipinski definition) is 3. The molecule has 2 fully saturated rings. The first-order chi connectivity index (χ1) is 16.6. The van der Waals surface area contributed by atoms with Crippen molar-refractivity contribution in [2.45, 2.75) is 38.6 Å². The van der Waals surface area contributed by atoms with E-state index in [1.807, 2.05) is 36.5 Å². The molecule has 2 aliphatic rings. The Balaban J connectivity index is 1.21. The van der Waals surface area contributed by atoms with Gasteiger partial charge in [-0.3, -0.25) is 4.90 Å². The highest BCUT2D eigenvalue weighted by Gasteiger charge is 2.27. The maximum Gasteiger partial charge on any atom is 0.113 e. The Hall–Kier alpha value is -2.80. The Bertz CT molecular complexity index is 1130. The molecule has 0 radical (unpaired) electrons. The summed E-state index contributed by atoms with van der Waals surface area (Å²) in [6.45, 7) is 7.21. The van der Waals surface area contributed by atoms with Crippen LogP contribution in [-0.2, 0) is 0 Å². The van der Waals surface area contributed by atoms with E-state index >= 15 is 0 Å². The van der Waals surface area contributed by atoms with Crippen LogP contribution in [-0.4, -0.2) is 42.1 Å². The summed E-state index contributed by atoms with van der Waals surface area (Å²) < 4.78 is 0. The zero-order valence-electron chi connectivity index (χ0n) is 19.9. The molecule has 0 spiro atoms. The average molecular weight is 470 g/mol. The van der Waals surface area contributed by atoms with E-state index in [1.54, 1.807) is 0 Å². The monoisotopic (exact) mass is 469 g/mol. The van der Waals surface area contributed by atoms with Gasteiger partial charge in [-0.05, 0) is 98.6 Å². The summed E-state index contributed by atoms with van der Waals surface area (Å²) in [5.74, 6) is 7.35. The Morgan fingerprint density at radius 3 is 2.26 bits per heavy atom. The minimum absolute atomic E-state index is 0.697. The largest absolute Gasteiger partial charge is 0.370 e. The third-order valence-electron chi connectivity index (χ3n) is 7.24. The Morgan fingerprint density at radius 1 is 0.824 bits per heavy atom. The van der Waals surface area contributed by atoms with Gasteiger partial charge >= 0.3 is 0 Å². The molecular formula is C30H32ClN3. The van der Waals surface area contributed by atoms with Gasteiger partial charge in [-0.25, -0.2) is 4.98 Å². The lowest BCUT2D eigenvalue weighted by molar-refractivity contribution is 0.125. The van der Waals surface area contributed by atoms with Gasteiger partial charge in [0.25, 0.3) is 0 Å². The first-order valence-corrected chi connectivity index (χ1v) is 12.8. The molecule has 0 unspecified atom stereocenters. The van der Waals surface area contributed by atoms with Gasteiger partial charge in [0.05, 0.1) is 0 Å². The van der Waals surface area contributed by atoms with Gasteiger partial charge in [-0.1, -0.05) is 42.6 Å². The molecule has 0 N–H and O–H groups in total. The number of nitrogens with zero attached hydrogens (tertiary/aromatic N) is 3. The molecule has 3 aromatic rings. The average Bonchev–Trinajstić information content (AvgIpc) is 2.89. The molecule has 3 nitrogen and oxygen atoms in total. The molecule has 2 saturated heterocycles. The molecule has 1 atom stereocenters. The van der Waals surface area contributed by atoms with E-state index in [-0.39, 0.29) is 0 Å². The molecule has 0 amide bonds. The van der Waals surface area contributed by atoms with E-state index < -0.39 is 0 Å². The number of rotatable bonds is 3. The normalized spacial score (nSPS) is 19.5. The van der Waals surface area contributed by atoms with Crippen molar-refractivity contribution in [2.75, 3.05) is 31.1 Å². The molecule has 0 bridgehead atoms. The number of piperidine rings is 2. The summed E-state index contributed by atoms with van der Waals surface area (Å²) in [6.07, 6.45) is 7.17. The second-order valence-electron chi connectivity index (χ2n) is 9.70. The van der Waals surface area contributed by atoms with Crippen LogP contribution in [0.1, 0.15) is 43.9 Å². The number of aromatic nitrogens is 1. The van der Waals surface area contributed by atoms with Crippen molar-refractivity contribution in [3.63, 3.8) is 0 Å². The zero-order valence-corrected chi connectivity index (χ0v) is 20.6. The molecule has 0 saturated carbocycles. The highest BCUT2D eigenvalue weighted by Crippen LogP contribution is 2.26. The fourth-order valence-electron chi connectivity index (χ4n) is 5.05. The minimum Gasteiger partial charge on any atom is -0.370 e. The Labute approximate surface area is 208 Å². The van der Waals surface area contributed by atoms with Gasteiger partial charge in [-0.2, -0.15) is 0 Å². The smallest absolute Gasteiger partial charge is 0.113 e. The van der Waals surface area contributed by atoms with Crippen LogP contribution in [0.4, 0.5) is 5.69 Å². The second-order valence-corrected chi connectivity index (χ2v) is 10.1. The molecule has 34 heavy (non-hydrogen) atoms. The molecule has 3 heterocycles. The van der Waals surface area contributed by atoms with Crippen molar-refractivity contribution in [3.8, 4) is 23.0 Å². The molecule has 5 rings (SSSR count). The van der Waals surface area contributed by atoms with E-state index in [2.05, 4.69) is 63.9 Å². The third-order valence-corrected chi connectivity index (χ3v) is 7.49. The van der Waals surface area contributed by atoms with E-state index in [0.717, 1.165) is 46.4 Å². The summed E-state index contributed by atoms with van der Waals surface area (Å²) in [6, 6.07) is 21.2. The highest BCUT2D eigenvalue weighted by atomic mass is 35.5. The van der Waals surface area contributed by atoms with Crippen molar-refractivity contribution >= 4 is 17.3 Å². The molecule has 4 heteroatoms. The van der Waals surface area contributed by atoms with Crippen LogP contribution in [0.25, 0.3) is 11.1 Å². The molecule has 2 aromatic carbocycles. The minimum atomic E-state index is 0.697. The topological polar surface area (TPSA) is 19.4 Å². The third kappa shape index (κ3) is 5.63. The van der Waals surface area contributed by atoms with Crippen molar-refractivity contribution < 1.29 is 0 Å². The molecule has 2 aliphatic heterocycles. The summed E-state index contributed by atoms with van der Waals surface area (Å²) in [5, 5.41) is 0.738. The predicted octanol–water partition coefficient (Wildman–Crippen LogP) is 6.50. The highest BCUT2D eigenvalue weighted by molar-refractivity contribution is 6.30. The van der Waals surface area contributed by atoms with Crippen molar-refractivity contribution in [1.82, 2.24) is 9.88 Å². The lowest BCUT2D eigenvalue weighted by Gasteiger charge is -2.42. The summed E-state index contributed by atoms with van der Waals surface area (Å²) in [4.78, 5) is 9.81. The fraction of sp³-hybridized carbons (Fsp3) is 0.367. The second kappa shape index (κ2) is 10.6. The van der Waals surface area contributed by atoms with Crippen molar-refractivity contribution in [2.24, 2.45) is 5.92 Å². The van der Waals surface area contributed by atoms with Crippen LogP contribution >= 0.6 is 11.6 Å². The van der Waals surface area contributed by atoms with Crippen LogP contribution in [0.3, 0.4) is 0 Å². The first-order valence-electron chi connectivity index (χ1n) is 12.5.